The van der Waals surface area contributed by atoms with Crippen molar-refractivity contribution in [1.29, 1.82) is 0 Å². The Bertz CT molecular complexity index is 6570. The zero-order chi connectivity index (χ0) is 91.8. The second-order valence-corrected chi connectivity index (χ2v) is 41.3. The van der Waals surface area contributed by atoms with E-state index in [1.807, 2.05) is 185 Å². The van der Waals surface area contributed by atoms with Crippen molar-refractivity contribution in [2.45, 2.75) is 124 Å². The molecule has 8 aromatic heterocycles. The third-order valence-corrected chi connectivity index (χ3v) is 23.4. The third-order valence-electron chi connectivity index (χ3n) is 17.9. The minimum atomic E-state index is -3.22. The molecule has 16 aromatic rings. The van der Waals surface area contributed by atoms with Gasteiger partial charge in [0.15, 0.2) is 0 Å². The Balaban J connectivity index is 0.000000214. The largest absolute Gasteiger partial charge is 1.00 e. The van der Waals surface area contributed by atoms with Crippen molar-refractivity contribution in [2.24, 2.45) is 0 Å². The molecule has 0 aliphatic carbocycles. The van der Waals surface area contributed by atoms with Crippen LogP contribution in [0.15, 0.2) is 254 Å². The number of aromatic nitrogens is 12. The van der Waals surface area contributed by atoms with E-state index < -0.39 is 11.2 Å². The van der Waals surface area contributed by atoms with Gasteiger partial charge >= 0.3 is 42.0 Å². The number of aromatic amines is 1. The monoisotopic (exact) mass is 2130 g/mol. The number of nitrogens with one attached hydrogen (secondary N) is 2. The zero-order valence-corrected chi connectivity index (χ0v) is 84.5. The van der Waals surface area contributed by atoms with E-state index in [0.717, 1.165) is 158 Å². The number of carbonyl (C=O) groups excluding carboxylic acids is 3. The maximum Gasteiger partial charge on any atom is 1.00 e. The van der Waals surface area contributed by atoms with Gasteiger partial charge in [0.25, 0.3) is 0 Å². The van der Waals surface area contributed by atoms with Crippen LogP contribution in [0.4, 0.5) is 5.69 Å². The number of fused-ring (bicyclic) bond motifs is 5. The van der Waals surface area contributed by atoms with Gasteiger partial charge in [0.05, 0.1) is 109 Å². The molecular formula is C89H84BrCl12LiN13O10PS3. The molecule has 0 spiro atoms. The van der Waals surface area contributed by atoms with Gasteiger partial charge < -0.3 is 35.8 Å². The molecule has 6 N–H and O–H groups in total. The van der Waals surface area contributed by atoms with E-state index in [1.165, 1.54) is 23.5 Å². The molecule has 0 bridgehead atoms. The summed E-state index contributed by atoms with van der Waals surface area (Å²) in [5, 5.41) is 35.8. The predicted molar refractivity (Wildman–Crippen MR) is 535 cm³/mol. The zero-order valence-electron chi connectivity index (χ0n) is 70.4. The molecule has 130 heavy (non-hydrogen) atoms. The summed E-state index contributed by atoms with van der Waals surface area (Å²) in [5.41, 5.74) is 9.58. The summed E-state index contributed by atoms with van der Waals surface area (Å²) in [5.74, 6) is -1.56. The van der Waals surface area contributed by atoms with Crippen LogP contribution in [0.25, 0.3) is 60.7 Å². The predicted octanol–water partition coefficient (Wildman–Crippen LogP) is 26.1. The van der Waals surface area contributed by atoms with Gasteiger partial charge in [-0.25, -0.2) is 14.4 Å². The molecule has 0 unspecified atom stereocenters. The number of anilines is 1. The Hall–Kier alpha value is -7.60. The second-order valence-electron chi connectivity index (χ2n) is 27.4. The van der Waals surface area contributed by atoms with Crippen LogP contribution in [0, 0.1) is 0 Å². The number of carboxylic acids is 1. The first kappa shape index (κ1) is 109. The van der Waals surface area contributed by atoms with Crippen molar-refractivity contribution >= 4 is 269 Å². The van der Waals surface area contributed by atoms with Crippen molar-refractivity contribution in [2.75, 3.05) is 18.5 Å². The topological polar surface area (TPSA) is 299 Å². The first-order chi connectivity index (χ1) is 60.7. The Kier molecular flexibility index (Phi) is 44.5. The van der Waals surface area contributed by atoms with Crippen LogP contribution in [-0.4, -0.2) is 111 Å². The number of H-pyrrole nitrogens is 1. The molecule has 0 atom stereocenters. The van der Waals surface area contributed by atoms with Crippen LogP contribution in [0.5, 0.6) is 0 Å². The fraction of sp³-hybridized carbons (Fsp3) is 0.191. The number of rotatable bonds is 20. The Labute approximate surface area is 843 Å². The van der Waals surface area contributed by atoms with Gasteiger partial charge in [-0.3, -0.25) is 41.8 Å². The van der Waals surface area contributed by atoms with E-state index in [9.17, 15) is 28.8 Å². The van der Waals surface area contributed by atoms with Crippen LogP contribution in [-0.2, 0) is 51.4 Å². The molecule has 8 aromatic carbocycles. The number of benzene rings is 8. The Morgan fingerprint density at radius 1 is 0.500 bits per heavy atom. The van der Waals surface area contributed by atoms with Crippen LogP contribution < -0.4 is 24.2 Å². The number of aryl methyl sites for hydroxylation is 4. The Morgan fingerprint density at radius 2 is 0.908 bits per heavy atom. The van der Waals surface area contributed by atoms with Crippen LogP contribution in [0.2, 0.25) is 45.7 Å². The van der Waals surface area contributed by atoms with E-state index in [-0.39, 0.29) is 53.2 Å². The number of amides is 1. The van der Waals surface area contributed by atoms with E-state index >= 15 is 0 Å². The van der Waals surface area contributed by atoms with Gasteiger partial charge in [-0.15, -0.1) is 12.6 Å². The number of esters is 2. The molecule has 1 aliphatic heterocycles. The summed E-state index contributed by atoms with van der Waals surface area (Å²) < 4.78 is 34.0. The quantitative estimate of drug-likeness (QED) is 0.0239. The molecule has 41 heteroatoms. The molecule has 0 radical (unpaired) electrons. The maximum absolute atomic E-state index is 12.1. The number of halogens is 13. The van der Waals surface area contributed by atoms with Crippen molar-refractivity contribution in [3.63, 3.8) is 0 Å². The van der Waals surface area contributed by atoms with Gasteiger partial charge in [-0.05, 0) is 222 Å². The van der Waals surface area contributed by atoms with Gasteiger partial charge in [-0.2, -0.15) is 20.4 Å². The molecule has 680 valence electrons. The number of carboxylic acid groups (broad SMARTS) is 1. The first-order valence-electron chi connectivity index (χ1n) is 39.1. The summed E-state index contributed by atoms with van der Waals surface area (Å²) in [7, 11) is 0. The molecular weight excluding hydrogens is 2050 g/mol. The van der Waals surface area contributed by atoms with Crippen molar-refractivity contribution in [1.82, 2.24) is 57.8 Å². The number of ether oxygens (including phenoxy) is 2. The van der Waals surface area contributed by atoms with E-state index in [4.69, 9.17) is 114 Å². The number of hydrogen-bond donors (Lipinski definition) is 4. The summed E-state index contributed by atoms with van der Waals surface area (Å²) in [4.78, 5) is 52.6. The maximum atomic E-state index is 12.1. The molecule has 23 nitrogen and oxygen atoms in total. The summed E-state index contributed by atoms with van der Waals surface area (Å²) in [6.45, 7) is 16.3. The average molecular weight is 2140 g/mol. The van der Waals surface area contributed by atoms with Crippen LogP contribution in [0.1, 0.15) is 104 Å². The van der Waals surface area contributed by atoms with Gasteiger partial charge in [0.2, 0.25) is 5.91 Å². The summed E-state index contributed by atoms with van der Waals surface area (Å²) in [6, 6.07) is 53.1. The number of carbonyl (C=O) groups is 4. The number of thiol groups is 1. The van der Waals surface area contributed by atoms with Crippen LogP contribution >= 0.6 is 195 Å². The molecule has 17 rings (SSSR count). The fourth-order valence-electron chi connectivity index (χ4n) is 12.6. The summed E-state index contributed by atoms with van der Waals surface area (Å²) in [6.07, 6.45) is 19.7. The minimum absolute atomic E-state index is 0. The number of aromatic carboxylic acids is 1. The van der Waals surface area contributed by atoms with Crippen molar-refractivity contribution in [3.8, 4) is 17.1 Å². The molecule has 1 aliphatic rings. The van der Waals surface area contributed by atoms with E-state index in [0.29, 0.717) is 71.5 Å². The smallest absolute Gasteiger partial charge is 0.870 e. The fourth-order valence-corrected chi connectivity index (χ4v) is 17.4. The third kappa shape index (κ3) is 31.5. The van der Waals surface area contributed by atoms with E-state index in [2.05, 4.69) is 121 Å². The summed E-state index contributed by atoms with van der Waals surface area (Å²) >= 11 is 80.1. The minimum Gasteiger partial charge on any atom is -0.870 e. The SMILES string of the molecule is CCCn1cc(-n2c(Cl)c(Sc3cccc(C(=O)O)c3)c3ccc(Cl)cc32)cn1.CCCn1cc(-n2c(Cl)c(Sc3cccc(C(=O)OCC)c3)c3ccc(Cl)cc32)cn1.CCCn1cc(-n2c(Cl)cc3ccc(Cl)cc32)cn1.CCCn1cc(Br)cn1.CCOC(=O)c1cccc(S)c1.Clc1ccc2cc(Cl)[nH]c2c1.O.O=C1Cc2ccc(Cl)cc2N1.O=P(Cl)(Cl)Cl.[Li+].[OH-]. The van der Waals surface area contributed by atoms with Crippen molar-refractivity contribution in [3.05, 3.63) is 298 Å². The van der Waals surface area contributed by atoms with Crippen molar-refractivity contribution < 1.29 is 68.1 Å². The molecule has 0 saturated carbocycles. The van der Waals surface area contributed by atoms with E-state index in [1.54, 1.807) is 87.0 Å². The molecule has 1 amide bonds. The standard InChI is InChI=1S/C23H21Cl2N3O2S.C21H17Cl2N3O2S.C14H13Cl2N3.C9H10O2S.C8H5Cl2N.C8H6ClNO.C6H9BrN2.Cl3OP.Li.2H2O/c1-3-10-27-14-17(13-26-27)28-20-12-16(24)8-9-19(20)21(22(28)25)31-18-7-5-6-15(11-18)23(29)30-4-2;1-2-8-25-12-15(11-24-25)26-18-10-14(22)6-7-17(18)19(20(26)23)29-16-5-3-4-13(9-16)21(27)28;1-2-5-18-9-12(8-17-18)19-13-7-11(15)4-3-10(13)6-14(19)16;1-2-11-9(10)7-4-3-5-8(12)6-7;9-6-2-1-5-3-8(10)11-7(5)4-6;9-6-2-1-5-3-8(11)10-7(5)4-6;1-2-3-9-5-6(7)4-8-9;1-5(2,3)4;;;/h5-9,11-14H,3-4,10H2,1-2H3;3-7,9-12H,2,8H2,1H3,(H,27,28);3-4,6-9H,2,5H2,1H3;3-6,12H,2H2,1H3;1-4,11H;1-2,4H,3H2,(H,10,11);4-5H,2-3H2,1H3;;;2*1H2/q;;;;;;;;+1;;/p-1. The number of hydrogen-bond acceptors (Lipinski definition) is 15. The molecule has 0 saturated heterocycles. The average Bonchev–Trinajstić information content (AvgIpc) is 1.59. The van der Waals surface area contributed by atoms with Gasteiger partial charge in [-0.1, -0.05) is 204 Å². The van der Waals surface area contributed by atoms with Gasteiger partial charge in [0.1, 0.15) is 20.6 Å². The first-order valence-corrected chi connectivity index (χ1v) is 49.8. The Morgan fingerprint density at radius 3 is 1.37 bits per heavy atom. The number of nitrogens with zero attached hydrogens (tertiary/aromatic N) is 11. The molecule has 0 fully saturated rings. The molecule has 9 heterocycles. The van der Waals surface area contributed by atoms with Gasteiger partial charge in [0, 0.05) is 124 Å². The normalized spacial score (nSPS) is 11.0. The van der Waals surface area contributed by atoms with Crippen LogP contribution in [0.3, 0.4) is 0 Å². The second kappa shape index (κ2) is 52.9.